The van der Waals surface area contributed by atoms with E-state index in [4.69, 9.17) is 46.8 Å². The minimum absolute atomic E-state index is 0.0623. The van der Waals surface area contributed by atoms with Crippen LogP contribution in [0.15, 0.2) is 35.2 Å². The molecule has 244 valence electrons. The summed E-state index contributed by atoms with van der Waals surface area (Å²) in [4.78, 5) is 11.0. The normalized spacial score (nSPS) is 11.6. The molecule has 0 saturated heterocycles. The molecular weight excluding hydrogens is 580 g/mol. The molecule has 1 rings (SSSR count). The Morgan fingerprint density at radius 2 is 0.810 bits per heavy atom. The van der Waals surface area contributed by atoms with Crippen LogP contribution in [0.2, 0.25) is 0 Å². The van der Waals surface area contributed by atoms with Crippen molar-refractivity contribution in [1.82, 2.24) is 0 Å². The van der Waals surface area contributed by atoms with E-state index >= 15 is 0 Å². The average molecular weight is 627 g/mol. The van der Waals surface area contributed by atoms with Gasteiger partial charge in [0.2, 0.25) is 0 Å². The first-order chi connectivity index (χ1) is 20.6. The fraction of sp³-hybridized carbons (Fsp3) is 0.741. The summed E-state index contributed by atoms with van der Waals surface area (Å²) in [6.45, 7) is 6.82. The van der Waals surface area contributed by atoms with E-state index in [1.165, 1.54) is 19.2 Å². The first kappa shape index (κ1) is 38.3. The van der Waals surface area contributed by atoms with Gasteiger partial charge in [0.25, 0.3) is 10.1 Å². The van der Waals surface area contributed by atoms with Crippen molar-refractivity contribution >= 4 is 16.1 Å². The second-order valence-corrected chi connectivity index (χ2v) is 9.73. The van der Waals surface area contributed by atoms with Crippen molar-refractivity contribution in [3.8, 4) is 0 Å². The van der Waals surface area contributed by atoms with Crippen molar-refractivity contribution in [3.63, 3.8) is 0 Å². The first-order valence-electron chi connectivity index (χ1n) is 13.8. The minimum atomic E-state index is -3.76. The monoisotopic (exact) mass is 626 g/mol. The molecule has 42 heavy (non-hydrogen) atoms. The molecule has 0 aliphatic carbocycles. The van der Waals surface area contributed by atoms with Gasteiger partial charge in [-0.25, -0.2) is 4.79 Å². The van der Waals surface area contributed by atoms with E-state index in [2.05, 4.69) is 4.74 Å². The van der Waals surface area contributed by atoms with E-state index in [1.807, 2.05) is 0 Å². The van der Waals surface area contributed by atoms with E-state index in [1.54, 1.807) is 18.2 Å². The number of carbonyl (C=O) groups is 1. The van der Waals surface area contributed by atoms with Crippen LogP contribution in [0.3, 0.4) is 0 Å². The quantitative estimate of drug-likeness (QED) is 0.0646. The number of hydrogen-bond donors (Lipinski definition) is 0. The third kappa shape index (κ3) is 23.8. The Bertz CT molecular complexity index is 840. The van der Waals surface area contributed by atoms with Gasteiger partial charge < -0.3 is 47.4 Å². The number of hydrogen-bond acceptors (Lipinski definition) is 14. The summed E-state index contributed by atoms with van der Waals surface area (Å²) >= 11 is 0. The maximum absolute atomic E-state index is 11.9. The van der Waals surface area contributed by atoms with Crippen molar-refractivity contribution in [2.45, 2.75) is 4.90 Å². The molecule has 1 aromatic rings. The zero-order valence-electron chi connectivity index (χ0n) is 24.4. The molecule has 0 aliphatic heterocycles. The number of esters is 1. The van der Waals surface area contributed by atoms with Gasteiger partial charge in [-0.15, -0.1) is 0 Å². The zero-order valence-corrected chi connectivity index (χ0v) is 25.3. The lowest BCUT2D eigenvalue weighted by molar-refractivity contribution is -0.146. The van der Waals surface area contributed by atoms with E-state index in [-0.39, 0.29) is 24.7 Å². The standard InChI is InChI=1S/C27H46O14S/c1-31-27(28)25-40-22-21-38-18-17-36-14-13-34-10-9-32-7-8-33-11-12-35-15-16-37-19-20-39-23-24-41-42(29,30)26-5-3-2-4-6-26/h2-6H,7-25H2,1H3. The van der Waals surface area contributed by atoms with Crippen molar-refractivity contribution in [3.05, 3.63) is 30.3 Å². The lowest BCUT2D eigenvalue weighted by Crippen LogP contribution is -2.16. The van der Waals surface area contributed by atoms with Crippen LogP contribution in [0.1, 0.15) is 0 Å². The van der Waals surface area contributed by atoms with Gasteiger partial charge in [-0.1, -0.05) is 18.2 Å². The molecule has 0 atom stereocenters. The van der Waals surface area contributed by atoms with Crippen molar-refractivity contribution in [2.75, 3.05) is 133 Å². The summed E-state index contributed by atoms with van der Waals surface area (Å²) in [5, 5.41) is 0. The molecule has 0 spiro atoms. The topological polar surface area (TPSA) is 153 Å². The maximum atomic E-state index is 11.9. The summed E-state index contributed by atoms with van der Waals surface area (Å²) < 4.78 is 81.4. The SMILES string of the molecule is COC(=O)COCCOCCOCCOCCOCCOCCOCCOCCOCCOS(=O)(=O)c1ccccc1. The molecule has 15 heteroatoms. The predicted octanol–water partition coefficient (Wildman–Crippen LogP) is 0.714. The molecule has 0 heterocycles. The highest BCUT2D eigenvalue weighted by Crippen LogP contribution is 2.10. The van der Waals surface area contributed by atoms with Gasteiger partial charge in [0, 0.05) is 0 Å². The molecule has 0 bridgehead atoms. The van der Waals surface area contributed by atoms with Crippen LogP contribution in [0.4, 0.5) is 0 Å². The molecule has 0 aromatic heterocycles. The van der Waals surface area contributed by atoms with Crippen LogP contribution < -0.4 is 0 Å². The van der Waals surface area contributed by atoms with Crippen LogP contribution in [0.25, 0.3) is 0 Å². The Labute approximate surface area is 248 Å². The highest BCUT2D eigenvalue weighted by atomic mass is 32.2. The number of methoxy groups -OCH3 is 1. The van der Waals surface area contributed by atoms with Gasteiger partial charge in [-0.3, -0.25) is 4.18 Å². The molecular formula is C27H46O14S. The van der Waals surface area contributed by atoms with Crippen LogP contribution in [0, 0.1) is 0 Å². The number of ether oxygens (including phenoxy) is 10. The lowest BCUT2D eigenvalue weighted by Gasteiger charge is -2.09. The predicted molar refractivity (Wildman–Crippen MR) is 149 cm³/mol. The van der Waals surface area contributed by atoms with Gasteiger partial charge in [-0.05, 0) is 12.1 Å². The fourth-order valence-corrected chi connectivity index (χ4v) is 3.75. The molecule has 0 fully saturated rings. The first-order valence-corrected chi connectivity index (χ1v) is 15.2. The number of carbonyl (C=O) groups excluding carboxylic acids is 1. The largest absolute Gasteiger partial charge is 0.467 e. The second-order valence-electron chi connectivity index (χ2n) is 8.12. The van der Waals surface area contributed by atoms with Crippen molar-refractivity contribution < 1.29 is 64.8 Å². The molecule has 0 N–H and O–H groups in total. The van der Waals surface area contributed by atoms with Crippen LogP contribution in [-0.2, 0) is 66.5 Å². The van der Waals surface area contributed by atoms with Gasteiger partial charge in [0.05, 0.1) is 131 Å². The highest BCUT2D eigenvalue weighted by Gasteiger charge is 2.13. The summed E-state index contributed by atoms with van der Waals surface area (Å²) in [7, 11) is -2.45. The Morgan fingerprint density at radius 1 is 0.500 bits per heavy atom. The van der Waals surface area contributed by atoms with E-state index in [0.717, 1.165) is 0 Å². The van der Waals surface area contributed by atoms with Gasteiger partial charge in [-0.2, -0.15) is 8.42 Å². The summed E-state index contributed by atoms with van der Waals surface area (Å²) in [6, 6.07) is 7.96. The second kappa shape index (κ2) is 28.0. The maximum Gasteiger partial charge on any atom is 0.331 e. The molecule has 1 aromatic carbocycles. The Balaban J connectivity index is 1.69. The van der Waals surface area contributed by atoms with Crippen LogP contribution in [-0.4, -0.2) is 147 Å². The molecule has 0 radical (unpaired) electrons. The van der Waals surface area contributed by atoms with Gasteiger partial charge in [0.1, 0.15) is 6.61 Å². The molecule has 0 aliphatic rings. The minimum Gasteiger partial charge on any atom is -0.467 e. The Hall–Kier alpha value is -1.76. The smallest absolute Gasteiger partial charge is 0.331 e. The number of rotatable bonds is 31. The van der Waals surface area contributed by atoms with E-state index in [0.29, 0.717) is 106 Å². The summed E-state index contributed by atoms with van der Waals surface area (Å²) in [6.07, 6.45) is 0. The van der Waals surface area contributed by atoms with Crippen molar-refractivity contribution in [2.24, 2.45) is 0 Å². The highest BCUT2D eigenvalue weighted by molar-refractivity contribution is 7.86. The average Bonchev–Trinajstić information content (AvgIpc) is 3.00. The molecule has 0 saturated carbocycles. The van der Waals surface area contributed by atoms with E-state index in [9.17, 15) is 13.2 Å². The van der Waals surface area contributed by atoms with E-state index < -0.39 is 16.1 Å². The third-order valence-electron chi connectivity index (χ3n) is 4.92. The molecule has 0 amide bonds. The van der Waals surface area contributed by atoms with Gasteiger partial charge in [0.15, 0.2) is 0 Å². The number of benzene rings is 1. The zero-order chi connectivity index (χ0) is 30.4. The summed E-state index contributed by atoms with van der Waals surface area (Å²) in [5.41, 5.74) is 0. The van der Waals surface area contributed by atoms with Crippen LogP contribution >= 0.6 is 0 Å². The lowest BCUT2D eigenvalue weighted by atomic mass is 10.4. The van der Waals surface area contributed by atoms with Crippen molar-refractivity contribution in [1.29, 1.82) is 0 Å². The molecule has 0 unspecified atom stereocenters. The molecule has 14 nitrogen and oxygen atoms in total. The Morgan fingerprint density at radius 3 is 1.14 bits per heavy atom. The fourth-order valence-electron chi connectivity index (χ4n) is 2.83. The van der Waals surface area contributed by atoms with Crippen LogP contribution in [0.5, 0.6) is 0 Å². The van der Waals surface area contributed by atoms with Gasteiger partial charge >= 0.3 is 5.97 Å². The third-order valence-corrected chi connectivity index (χ3v) is 6.25. The summed E-state index contributed by atoms with van der Waals surface area (Å²) in [5.74, 6) is -0.416. The Kier molecular flexibility index (Phi) is 25.5.